The van der Waals surface area contributed by atoms with Gasteiger partial charge in [0.1, 0.15) is 11.5 Å². The number of aromatic nitrogens is 2. The molecule has 2 fully saturated rings. The van der Waals surface area contributed by atoms with Gasteiger partial charge in [0.05, 0.1) is 18.0 Å². The number of carbonyl (C=O) groups excluding carboxylic acids is 2. The topological polar surface area (TPSA) is 84.4 Å². The van der Waals surface area contributed by atoms with Crippen molar-refractivity contribution in [2.75, 3.05) is 18.5 Å². The number of nitrogens with zero attached hydrogens (tertiary/aromatic N) is 3. The fourth-order valence-corrected chi connectivity index (χ4v) is 5.20. The maximum Gasteiger partial charge on any atom is 0.367 e. The zero-order valence-electron chi connectivity index (χ0n) is 19.5. The quantitative estimate of drug-likeness (QED) is 0.375. The van der Waals surface area contributed by atoms with Gasteiger partial charge in [0.25, 0.3) is 18.3 Å². The second-order valence-electron chi connectivity index (χ2n) is 8.99. The Morgan fingerprint density at radius 1 is 1.34 bits per heavy atom. The van der Waals surface area contributed by atoms with Crippen molar-refractivity contribution in [3.05, 3.63) is 28.5 Å². The summed E-state index contributed by atoms with van der Waals surface area (Å²) in [5.74, 6) is -4.04. The third-order valence-corrected chi connectivity index (χ3v) is 7.26. The third kappa shape index (κ3) is 5.41. The van der Waals surface area contributed by atoms with Crippen LogP contribution in [0.1, 0.15) is 72.3 Å². The van der Waals surface area contributed by atoms with Gasteiger partial charge in [-0.2, -0.15) is 0 Å². The molecule has 1 N–H and O–H groups in total. The van der Waals surface area contributed by atoms with Crippen LogP contribution in [0.3, 0.4) is 0 Å². The van der Waals surface area contributed by atoms with E-state index in [0.29, 0.717) is 17.3 Å². The van der Waals surface area contributed by atoms with Crippen molar-refractivity contribution in [3.63, 3.8) is 0 Å². The van der Waals surface area contributed by atoms with Gasteiger partial charge in [-0.15, -0.1) is 11.3 Å². The van der Waals surface area contributed by atoms with Gasteiger partial charge in [-0.25, -0.2) is 32.3 Å². The molecular formula is C23H26F4N4O3S. The lowest BCUT2D eigenvalue weighted by atomic mass is 10.1. The minimum absolute atomic E-state index is 0.0370. The summed E-state index contributed by atoms with van der Waals surface area (Å²) in [6.07, 6.45) is -0.122. The molecule has 1 aliphatic carbocycles. The normalized spacial score (nSPS) is 20.2. The first-order valence-electron chi connectivity index (χ1n) is 11.4. The Morgan fingerprint density at radius 2 is 2.06 bits per heavy atom. The maximum atomic E-state index is 14.1. The molecule has 0 bridgehead atoms. The number of ether oxygens (including phenoxy) is 1. The summed E-state index contributed by atoms with van der Waals surface area (Å²) in [5, 5.41) is 2.90. The van der Waals surface area contributed by atoms with Crippen LogP contribution in [-0.4, -0.2) is 57.9 Å². The van der Waals surface area contributed by atoms with E-state index in [1.165, 1.54) is 19.2 Å². The summed E-state index contributed by atoms with van der Waals surface area (Å²) >= 11 is 0.701. The Labute approximate surface area is 203 Å². The second kappa shape index (κ2) is 9.71. The first-order chi connectivity index (χ1) is 16.5. The monoisotopic (exact) mass is 514 g/mol. The molecular weight excluding hydrogens is 488 g/mol. The molecule has 0 radical (unpaired) electrons. The summed E-state index contributed by atoms with van der Waals surface area (Å²) in [5.41, 5.74) is -0.837. The van der Waals surface area contributed by atoms with E-state index >= 15 is 0 Å². The van der Waals surface area contributed by atoms with Crippen LogP contribution < -0.4 is 5.32 Å². The number of anilines is 1. The van der Waals surface area contributed by atoms with E-state index in [1.807, 2.05) is 6.92 Å². The summed E-state index contributed by atoms with van der Waals surface area (Å²) in [6, 6.07) is 0.484. The molecule has 0 aromatic carbocycles. The number of hydrogen-bond acceptors (Lipinski definition) is 7. The molecule has 190 valence electrons. The summed E-state index contributed by atoms with van der Waals surface area (Å²) < 4.78 is 61.1. The average Bonchev–Trinajstić information content (AvgIpc) is 3.48. The van der Waals surface area contributed by atoms with Crippen molar-refractivity contribution in [1.82, 2.24) is 14.9 Å². The number of hydrogen-bond donors (Lipinski definition) is 1. The highest BCUT2D eigenvalue weighted by molar-refractivity contribution is 7.17. The van der Waals surface area contributed by atoms with Crippen LogP contribution in [0.4, 0.5) is 23.4 Å². The Kier molecular flexibility index (Phi) is 7.03. The number of carbonyl (C=O) groups is 2. The molecule has 1 amide bonds. The number of likely N-dealkylation sites (tertiary alicyclic amines) is 1. The Balaban J connectivity index is 1.76. The lowest BCUT2D eigenvalue weighted by molar-refractivity contribution is 0.0117. The Bertz CT molecular complexity index is 1120. The SMILES string of the molecule is CCOC(=O)c1nc(C(=O)N2CC(F)(F)CC2C)c(-c2cnc(N[C@@H](C)C3CC3)cc2C(F)F)s1. The van der Waals surface area contributed by atoms with Crippen molar-refractivity contribution in [2.45, 2.75) is 64.5 Å². The lowest BCUT2D eigenvalue weighted by Crippen LogP contribution is -2.35. The Hall–Kier alpha value is -2.76. The smallest absolute Gasteiger partial charge is 0.367 e. The van der Waals surface area contributed by atoms with E-state index in [0.717, 1.165) is 17.7 Å². The number of alkyl halides is 4. The van der Waals surface area contributed by atoms with Gasteiger partial charge < -0.3 is 15.0 Å². The lowest BCUT2D eigenvalue weighted by Gasteiger charge is -2.20. The molecule has 7 nitrogen and oxygen atoms in total. The molecule has 1 saturated heterocycles. The number of nitrogens with one attached hydrogen (secondary N) is 1. The molecule has 0 spiro atoms. The summed E-state index contributed by atoms with van der Waals surface area (Å²) in [7, 11) is 0. The third-order valence-electron chi connectivity index (χ3n) is 6.19. The van der Waals surface area contributed by atoms with E-state index in [4.69, 9.17) is 4.74 Å². The van der Waals surface area contributed by atoms with Gasteiger partial charge in [-0.05, 0) is 45.6 Å². The predicted molar refractivity (Wildman–Crippen MR) is 122 cm³/mol. The zero-order chi connectivity index (χ0) is 25.5. The summed E-state index contributed by atoms with van der Waals surface area (Å²) in [6.45, 7) is 4.23. The Morgan fingerprint density at radius 3 is 2.63 bits per heavy atom. The largest absolute Gasteiger partial charge is 0.461 e. The number of pyridine rings is 1. The minimum Gasteiger partial charge on any atom is -0.461 e. The highest BCUT2D eigenvalue weighted by Crippen LogP contribution is 2.41. The van der Waals surface area contributed by atoms with Crippen LogP contribution >= 0.6 is 11.3 Å². The zero-order valence-corrected chi connectivity index (χ0v) is 20.3. The first kappa shape index (κ1) is 25.3. The van der Waals surface area contributed by atoms with E-state index < -0.39 is 48.8 Å². The summed E-state index contributed by atoms with van der Waals surface area (Å²) in [4.78, 5) is 34.8. The molecule has 1 aliphatic heterocycles. The van der Waals surface area contributed by atoms with Gasteiger partial charge >= 0.3 is 5.97 Å². The number of halogens is 4. The van der Waals surface area contributed by atoms with Crippen LogP contribution in [0.5, 0.6) is 0 Å². The molecule has 2 aromatic rings. The molecule has 3 heterocycles. The van der Waals surface area contributed by atoms with Gasteiger partial charge in [-0.1, -0.05) is 0 Å². The predicted octanol–water partition coefficient (Wildman–Crippen LogP) is 5.40. The fourth-order valence-electron chi connectivity index (χ4n) is 4.22. The first-order valence-corrected chi connectivity index (χ1v) is 12.2. The van der Waals surface area contributed by atoms with Crippen LogP contribution in [0, 0.1) is 5.92 Å². The second-order valence-corrected chi connectivity index (χ2v) is 9.99. The van der Waals surface area contributed by atoms with Gasteiger partial charge in [0.15, 0.2) is 0 Å². The highest BCUT2D eigenvalue weighted by Gasteiger charge is 2.46. The molecule has 12 heteroatoms. The highest BCUT2D eigenvalue weighted by atomic mass is 32.1. The number of thiazole rings is 1. The van der Waals surface area contributed by atoms with Crippen LogP contribution in [0.25, 0.3) is 10.4 Å². The molecule has 1 unspecified atom stereocenters. The van der Waals surface area contributed by atoms with Crippen molar-refractivity contribution in [3.8, 4) is 10.4 Å². The van der Waals surface area contributed by atoms with Gasteiger partial charge in [-0.3, -0.25) is 4.79 Å². The average molecular weight is 515 g/mol. The fraction of sp³-hybridized carbons (Fsp3) is 0.565. The number of rotatable bonds is 8. The van der Waals surface area contributed by atoms with Crippen LogP contribution in [0.15, 0.2) is 12.3 Å². The molecule has 1 saturated carbocycles. The van der Waals surface area contributed by atoms with Crippen LogP contribution in [0.2, 0.25) is 0 Å². The molecule has 4 rings (SSSR count). The van der Waals surface area contributed by atoms with Crippen LogP contribution in [-0.2, 0) is 4.74 Å². The van der Waals surface area contributed by atoms with Crippen molar-refractivity contribution in [1.29, 1.82) is 0 Å². The van der Waals surface area contributed by atoms with E-state index in [2.05, 4.69) is 15.3 Å². The number of esters is 1. The molecule has 2 aliphatic rings. The standard InChI is InChI=1S/C23H26F4N4O3S/c1-4-34-22(33)20-30-17(21(32)31-10-23(26,27)8-11(31)2)18(35-20)15-9-28-16(7-14(15)19(24)25)29-12(3)13-5-6-13/h7,9,11-13,19H,4-6,8,10H2,1-3H3,(H,28,29)/t11?,12-/m0/s1. The molecule has 35 heavy (non-hydrogen) atoms. The number of amides is 1. The van der Waals surface area contributed by atoms with Gasteiger partial charge in [0, 0.05) is 35.8 Å². The van der Waals surface area contributed by atoms with Crippen molar-refractivity contribution in [2.24, 2.45) is 5.92 Å². The maximum absolute atomic E-state index is 14.1. The molecule has 2 aromatic heterocycles. The van der Waals surface area contributed by atoms with E-state index in [1.54, 1.807) is 6.92 Å². The minimum atomic E-state index is -3.07. The van der Waals surface area contributed by atoms with Crippen molar-refractivity contribution < 1.29 is 31.9 Å². The molecule has 2 atom stereocenters. The van der Waals surface area contributed by atoms with Crippen molar-refractivity contribution >= 4 is 29.0 Å². The van der Waals surface area contributed by atoms with E-state index in [-0.39, 0.29) is 39.6 Å². The van der Waals surface area contributed by atoms with E-state index in [9.17, 15) is 27.2 Å². The van der Waals surface area contributed by atoms with Gasteiger partial charge in [0.2, 0.25) is 5.01 Å².